The van der Waals surface area contributed by atoms with E-state index in [1.54, 1.807) is 30.3 Å². The van der Waals surface area contributed by atoms with Crippen molar-refractivity contribution in [3.63, 3.8) is 0 Å². The molecule has 134 valence electrons. The van der Waals surface area contributed by atoms with Crippen molar-refractivity contribution < 1.29 is 17.3 Å². The molecule has 0 atom stereocenters. The summed E-state index contributed by atoms with van der Waals surface area (Å²) in [6.07, 6.45) is 0.421. The van der Waals surface area contributed by atoms with Crippen LogP contribution in [0, 0.1) is 5.82 Å². The number of hydrogen-bond donors (Lipinski definition) is 0. The number of hydrogen-bond acceptors (Lipinski definition) is 4. The van der Waals surface area contributed by atoms with Crippen LogP contribution in [-0.2, 0) is 28.7 Å². The van der Waals surface area contributed by atoms with Crippen molar-refractivity contribution in [2.24, 2.45) is 0 Å². The molecule has 0 saturated carbocycles. The van der Waals surface area contributed by atoms with Crippen LogP contribution in [-0.4, -0.2) is 24.4 Å². The molecule has 4 rings (SSSR count). The fraction of sp³-hybridized carbons (Fsp3) is 0.211. The van der Waals surface area contributed by atoms with Crippen LogP contribution in [0.25, 0.3) is 11.3 Å². The van der Waals surface area contributed by atoms with Crippen molar-refractivity contribution in [1.82, 2.24) is 9.46 Å². The monoisotopic (exact) mass is 372 g/mol. The maximum absolute atomic E-state index is 14.1. The summed E-state index contributed by atoms with van der Waals surface area (Å²) in [6, 6.07) is 15.3. The standard InChI is InChI=1S/C19H17FN2O3S/c20-17-9-5-4-8-15(17)19-16-12-22(11-10-18(16)25-21-19)26(23,24)13-14-6-2-1-3-7-14/h1-9H,10-13H2. The molecule has 0 N–H and O–H groups in total. The summed E-state index contributed by atoms with van der Waals surface area (Å²) in [5.41, 5.74) is 2.06. The first-order chi connectivity index (χ1) is 12.5. The summed E-state index contributed by atoms with van der Waals surface area (Å²) < 4.78 is 46.5. The molecule has 3 aromatic rings. The molecule has 0 amide bonds. The van der Waals surface area contributed by atoms with Gasteiger partial charge in [0.2, 0.25) is 10.0 Å². The van der Waals surface area contributed by atoms with E-state index in [1.807, 2.05) is 18.2 Å². The molecular weight excluding hydrogens is 355 g/mol. The average molecular weight is 372 g/mol. The first kappa shape index (κ1) is 16.9. The van der Waals surface area contributed by atoms with Crippen LogP contribution in [0.15, 0.2) is 59.1 Å². The zero-order valence-corrected chi connectivity index (χ0v) is 14.7. The van der Waals surface area contributed by atoms with Gasteiger partial charge in [0.25, 0.3) is 0 Å². The normalized spacial score (nSPS) is 15.0. The second kappa shape index (κ2) is 6.66. The largest absolute Gasteiger partial charge is 0.360 e. The van der Waals surface area contributed by atoms with Gasteiger partial charge in [0.1, 0.15) is 17.3 Å². The fourth-order valence-electron chi connectivity index (χ4n) is 3.16. The maximum atomic E-state index is 14.1. The highest BCUT2D eigenvalue weighted by molar-refractivity contribution is 7.88. The van der Waals surface area contributed by atoms with Crippen molar-refractivity contribution in [2.75, 3.05) is 6.54 Å². The summed E-state index contributed by atoms with van der Waals surface area (Å²) in [4.78, 5) is 0. The van der Waals surface area contributed by atoms with E-state index in [4.69, 9.17) is 4.52 Å². The third kappa shape index (κ3) is 3.15. The summed E-state index contributed by atoms with van der Waals surface area (Å²) >= 11 is 0. The molecule has 0 saturated heterocycles. The molecule has 26 heavy (non-hydrogen) atoms. The minimum Gasteiger partial charge on any atom is -0.360 e. The van der Waals surface area contributed by atoms with E-state index in [9.17, 15) is 12.8 Å². The molecular formula is C19H17FN2O3S. The minimum atomic E-state index is -3.50. The molecule has 0 aliphatic carbocycles. The van der Waals surface area contributed by atoms with Crippen molar-refractivity contribution >= 4 is 10.0 Å². The van der Waals surface area contributed by atoms with E-state index < -0.39 is 15.8 Å². The van der Waals surface area contributed by atoms with Gasteiger partial charge in [-0.25, -0.2) is 12.8 Å². The van der Waals surface area contributed by atoms with Gasteiger partial charge in [-0.2, -0.15) is 4.31 Å². The Bertz CT molecular complexity index is 1030. The van der Waals surface area contributed by atoms with Gasteiger partial charge in [0, 0.05) is 30.6 Å². The number of halogens is 1. The SMILES string of the molecule is O=S(=O)(Cc1ccccc1)N1CCc2onc(-c3ccccc3F)c2C1. The third-order valence-electron chi connectivity index (χ3n) is 4.51. The van der Waals surface area contributed by atoms with Crippen LogP contribution in [0.3, 0.4) is 0 Å². The molecule has 0 spiro atoms. The molecule has 5 nitrogen and oxygen atoms in total. The summed E-state index contributed by atoms with van der Waals surface area (Å²) in [5, 5.41) is 3.99. The topological polar surface area (TPSA) is 63.4 Å². The lowest BCUT2D eigenvalue weighted by Gasteiger charge is -2.25. The van der Waals surface area contributed by atoms with Crippen LogP contribution in [0.5, 0.6) is 0 Å². The molecule has 0 fully saturated rings. The Kier molecular flexibility index (Phi) is 4.34. The highest BCUT2D eigenvalue weighted by Crippen LogP contribution is 2.32. The Morgan fingerprint density at radius 1 is 1.08 bits per heavy atom. The lowest BCUT2D eigenvalue weighted by atomic mass is 10.0. The van der Waals surface area contributed by atoms with Crippen molar-refractivity contribution in [1.29, 1.82) is 0 Å². The second-order valence-electron chi connectivity index (χ2n) is 6.24. The molecule has 1 aromatic heterocycles. The van der Waals surface area contributed by atoms with Crippen LogP contribution >= 0.6 is 0 Å². The molecule has 0 unspecified atom stereocenters. The number of sulfonamides is 1. The summed E-state index contributed by atoms with van der Waals surface area (Å²) in [6.45, 7) is 0.464. The molecule has 1 aliphatic rings. The summed E-state index contributed by atoms with van der Waals surface area (Å²) in [7, 11) is -3.50. The van der Waals surface area contributed by atoms with E-state index >= 15 is 0 Å². The molecule has 7 heteroatoms. The van der Waals surface area contributed by atoms with Gasteiger partial charge in [-0.1, -0.05) is 47.6 Å². The number of rotatable bonds is 4. The summed E-state index contributed by atoms with van der Waals surface area (Å²) in [5.74, 6) is 0.144. The Morgan fingerprint density at radius 2 is 1.81 bits per heavy atom. The zero-order chi connectivity index (χ0) is 18.1. The van der Waals surface area contributed by atoms with E-state index in [1.165, 1.54) is 10.4 Å². The first-order valence-electron chi connectivity index (χ1n) is 8.29. The third-order valence-corrected chi connectivity index (χ3v) is 6.30. The van der Waals surface area contributed by atoms with E-state index in [0.717, 1.165) is 5.56 Å². The van der Waals surface area contributed by atoms with Gasteiger partial charge in [0.05, 0.1) is 5.75 Å². The lowest BCUT2D eigenvalue weighted by molar-refractivity contribution is 0.331. The predicted octanol–water partition coefficient (Wildman–Crippen LogP) is 3.37. The molecule has 0 bridgehead atoms. The second-order valence-corrected chi connectivity index (χ2v) is 8.21. The van der Waals surface area contributed by atoms with E-state index in [2.05, 4.69) is 5.16 Å². The Morgan fingerprint density at radius 3 is 2.58 bits per heavy atom. The highest BCUT2D eigenvalue weighted by atomic mass is 32.2. The van der Waals surface area contributed by atoms with Gasteiger partial charge < -0.3 is 4.52 Å². The van der Waals surface area contributed by atoms with Crippen LogP contribution in [0.1, 0.15) is 16.9 Å². The van der Waals surface area contributed by atoms with Gasteiger partial charge in [-0.15, -0.1) is 0 Å². The van der Waals surface area contributed by atoms with E-state index in [0.29, 0.717) is 35.5 Å². The molecule has 2 heterocycles. The Balaban J connectivity index is 1.64. The maximum Gasteiger partial charge on any atom is 0.218 e. The quantitative estimate of drug-likeness (QED) is 0.704. The van der Waals surface area contributed by atoms with Gasteiger partial charge >= 0.3 is 0 Å². The van der Waals surface area contributed by atoms with Crippen molar-refractivity contribution in [2.45, 2.75) is 18.7 Å². The van der Waals surface area contributed by atoms with Crippen LogP contribution < -0.4 is 0 Å². The fourth-order valence-corrected chi connectivity index (χ4v) is 4.65. The molecule has 0 radical (unpaired) electrons. The smallest absolute Gasteiger partial charge is 0.218 e. The molecule has 1 aliphatic heterocycles. The lowest BCUT2D eigenvalue weighted by Crippen LogP contribution is -2.36. The average Bonchev–Trinajstić information content (AvgIpc) is 3.06. The first-order valence-corrected chi connectivity index (χ1v) is 9.89. The molecule has 2 aromatic carbocycles. The van der Waals surface area contributed by atoms with Gasteiger partial charge in [0.15, 0.2) is 0 Å². The predicted molar refractivity (Wildman–Crippen MR) is 95.1 cm³/mol. The Hall–Kier alpha value is -2.51. The Labute approximate surface area is 151 Å². The highest BCUT2D eigenvalue weighted by Gasteiger charge is 2.32. The van der Waals surface area contributed by atoms with Crippen LogP contribution in [0.2, 0.25) is 0 Å². The van der Waals surface area contributed by atoms with Gasteiger partial charge in [-0.05, 0) is 17.7 Å². The number of aromatic nitrogens is 1. The van der Waals surface area contributed by atoms with E-state index in [-0.39, 0.29) is 12.3 Å². The number of benzene rings is 2. The van der Waals surface area contributed by atoms with Crippen LogP contribution in [0.4, 0.5) is 4.39 Å². The van der Waals surface area contributed by atoms with Gasteiger partial charge in [-0.3, -0.25) is 0 Å². The number of fused-ring (bicyclic) bond motifs is 1. The zero-order valence-electron chi connectivity index (χ0n) is 13.9. The van der Waals surface area contributed by atoms with Crippen molar-refractivity contribution in [3.05, 3.63) is 77.3 Å². The number of nitrogens with zero attached hydrogens (tertiary/aromatic N) is 2. The minimum absolute atomic E-state index is 0.0660. The van der Waals surface area contributed by atoms with Crippen molar-refractivity contribution in [3.8, 4) is 11.3 Å².